The first-order chi connectivity index (χ1) is 12.6. The summed E-state index contributed by atoms with van der Waals surface area (Å²) in [5, 5.41) is 0.303. The van der Waals surface area contributed by atoms with Crippen molar-refractivity contribution < 1.29 is 18.0 Å². The van der Waals surface area contributed by atoms with Gasteiger partial charge in [-0.1, -0.05) is 26.8 Å². The number of carbonyl (C=O) groups excluding carboxylic acids is 1. The Labute approximate surface area is 159 Å². The summed E-state index contributed by atoms with van der Waals surface area (Å²) in [5.41, 5.74) is 0.715. The number of hydrogen-bond donors (Lipinski definition) is 0. The highest BCUT2D eigenvalue weighted by Crippen LogP contribution is 2.38. The second kappa shape index (κ2) is 7.00. The standard InChI is InChI=1S/C21H18F3NOS/c1-11-5-7-14(20(16(11)23)27-21(2,3)4)19(26)13-9-12-6-8-15(22)17(24)18(12)25-10-13/h5-10H,1-4H3. The molecule has 0 bridgehead atoms. The Kier molecular flexibility index (Phi) is 5.04. The van der Waals surface area contributed by atoms with Crippen molar-refractivity contribution in [3.8, 4) is 0 Å². The molecule has 0 unspecified atom stereocenters. The van der Waals surface area contributed by atoms with Crippen molar-refractivity contribution in [3.05, 3.63) is 70.7 Å². The van der Waals surface area contributed by atoms with E-state index in [1.54, 1.807) is 19.1 Å². The van der Waals surface area contributed by atoms with E-state index in [0.717, 1.165) is 6.07 Å². The predicted molar refractivity (Wildman–Crippen MR) is 102 cm³/mol. The molecule has 6 heteroatoms. The molecular weight excluding hydrogens is 371 g/mol. The molecule has 0 saturated heterocycles. The molecule has 1 heterocycles. The third-order valence-corrected chi connectivity index (χ3v) is 5.16. The molecule has 0 aliphatic carbocycles. The molecule has 0 fully saturated rings. The van der Waals surface area contributed by atoms with Gasteiger partial charge in [0, 0.05) is 27.5 Å². The summed E-state index contributed by atoms with van der Waals surface area (Å²) in [4.78, 5) is 17.2. The summed E-state index contributed by atoms with van der Waals surface area (Å²) >= 11 is 1.27. The van der Waals surface area contributed by atoms with Gasteiger partial charge in [0.2, 0.25) is 0 Å². The minimum atomic E-state index is -1.06. The number of ketones is 1. The van der Waals surface area contributed by atoms with Crippen LogP contribution in [0.5, 0.6) is 0 Å². The zero-order valence-corrected chi connectivity index (χ0v) is 16.2. The molecular formula is C21H18F3NOS. The number of rotatable bonds is 3. The molecule has 0 spiro atoms. The van der Waals surface area contributed by atoms with E-state index in [4.69, 9.17) is 0 Å². The maximum Gasteiger partial charge on any atom is 0.195 e. The minimum Gasteiger partial charge on any atom is -0.289 e. The number of aromatic nitrogens is 1. The van der Waals surface area contributed by atoms with Crippen LogP contribution < -0.4 is 0 Å². The Bertz CT molecular complexity index is 1060. The van der Waals surface area contributed by atoms with Crippen molar-refractivity contribution in [2.45, 2.75) is 37.3 Å². The van der Waals surface area contributed by atoms with Gasteiger partial charge in [-0.25, -0.2) is 13.2 Å². The quantitative estimate of drug-likeness (QED) is 0.401. The van der Waals surface area contributed by atoms with Crippen molar-refractivity contribution in [1.29, 1.82) is 0 Å². The molecule has 1 aromatic heterocycles. The summed E-state index contributed by atoms with van der Waals surface area (Å²) in [5.74, 6) is -2.90. The SMILES string of the molecule is Cc1ccc(C(=O)c2cnc3c(F)c(F)ccc3c2)c(SC(C)(C)C)c1F. The van der Waals surface area contributed by atoms with E-state index >= 15 is 0 Å². The fourth-order valence-corrected chi connectivity index (χ4v) is 3.79. The van der Waals surface area contributed by atoms with Gasteiger partial charge in [0.1, 0.15) is 11.3 Å². The molecule has 2 nitrogen and oxygen atoms in total. The Morgan fingerprint density at radius 3 is 2.41 bits per heavy atom. The van der Waals surface area contributed by atoms with Crippen LogP contribution in [0.4, 0.5) is 13.2 Å². The average molecular weight is 389 g/mol. The van der Waals surface area contributed by atoms with Crippen molar-refractivity contribution in [2.75, 3.05) is 0 Å². The van der Waals surface area contributed by atoms with Gasteiger partial charge in [0.05, 0.1) is 4.90 Å². The Morgan fingerprint density at radius 2 is 1.74 bits per heavy atom. The maximum absolute atomic E-state index is 14.7. The summed E-state index contributed by atoms with van der Waals surface area (Å²) in [7, 11) is 0. The van der Waals surface area contributed by atoms with E-state index in [9.17, 15) is 18.0 Å². The van der Waals surface area contributed by atoms with Gasteiger partial charge in [-0.15, -0.1) is 11.8 Å². The molecule has 140 valence electrons. The Hall–Kier alpha value is -2.34. The number of nitrogens with zero attached hydrogens (tertiary/aromatic N) is 1. The van der Waals surface area contributed by atoms with Crippen LogP contribution in [0.2, 0.25) is 0 Å². The molecule has 0 atom stereocenters. The number of carbonyl (C=O) groups is 1. The van der Waals surface area contributed by atoms with Gasteiger partial charge < -0.3 is 0 Å². The number of fused-ring (bicyclic) bond motifs is 1. The van der Waals surface area contributed by atoms with Gasteiger partial charge >= 0.3 is 0 Å². The van der Waals surface area contributed by atoms with Crippen molar-refractivity contribution >= 4 is 28.4 Å². The number of halogens is 3. The second-order valence-electron chi connectivity index (χ2n) is 7.27. The first-order valence-corrected chi connectivity index (χ1v) is 9.17. The van der Waals surface area contributed by atoms with E-state index in [-0.39, 0.29) is 26.3 Å². The largest absolute Gasteiger partial charge is 0.289 e. The van der Waals surface area contributed by atoms with Crippen LogP contribution in [0.25, 0.3) is 10.9 Å². The lowest BCUT2D eigenvalue weighted by molar-refractivity contribution is 0.103. The second-order valence-corrected chi connectivity index (χ2v) is 9.11. The molecule has 3 rings (SSSR count). The van der Waals surface area contributed by atoms with Gasteiger partial charge in [-0.05, 0) is 36.8 Å². The normalized spacial score (nSPS) is 11.8. The number of hydrogen-bond acceptors (Lipinski definition) is 3. The van der Waals surface area contributed by atoms with E-state index in [0.29, 0.717) is 10.9 Å². The van der Waals surface area contributed by atoms with Gasteiger partial charge in [-0.3, -0.25) is 9.78 Å². The molecule has 0 aliphatic rings. The monoisotopic (exact) mass is 389 g/mol. The molecule has 0 radical (unpaired) electrons. The molecule has 0 saturated carbocycles. The smallest absolute Gasteiger partial charge is 0.195 e. The van der Waals surface area contributed by atoms with Crippen molar-refractivity contribution in [1.82, 2.24) is 4.98 Å². The summed E-state index contributed by atoms with van der Waals surface area (Å²) in [6.07, 6.45) is 1.19. The topological polar surface area (TPSA) is 30.0 Å². The molecule has 0 N–H and O–H groups in total. The summed E-state index contributed by atoms with van der Waals surface area (Å²) in [6, 6.07) is 6.93. The highest BCUT2D eigenvalue weighted by molar-refractivity contribution is 8.00. The van der Waals surface area contributed by atoms with Gasteiger partial charge in [0.25, 0.3) is 0 Å². The average Bonchev–Trinajstić information content (AvgIpc) is 2.60. The number of thioether (sulfide) groups is 1. The molecule has 0 amide bonds. The van der Waals surface area contributed by atoms with Crippen molar-refractivity contribution in [3.63, 3.8) is 0 Å². The Morgan fingerprint density at radius 1 is 1.04 bits per heavy atom. The third-order valence-electron chi connectivity index (χ3n) is 3.95. The van der Waals surface area contributed by atoms with Gasteiger partial charge in [0.15, 0.2) is 17.4 Å². The zero-order chi connectivity index (χ0) is 19.9. The summed E-state index contributed by atoms with van der Waals surface area (Å²) in [6.45, 7) is 7.44. The number of pyridine rings is 1. The predicted octanol–water partition coefficient (Wildman–Crippen LogP) is 6.08. The van der Waals surface area contributed by atoms with E-state index in [1.165, 1.54) is 30.1 Å². The number of benzene rings is 2. The fourth-order valence-electron chi connectivity index (χ4n) is 2.66. The molecule has 2 aromatic carbocycles. The lowest BCUT2D eigenvalue weighted by Crippen LogP contribution is -2.12. The van der Waals surface area contributed by atoms with Crippen LogP contribution in [0.1, 0.15) is 42.3 Å². The number of aryl methyl sites for hydroxylation is 1. The van der Waals surface area contributed by atoms with E-state index in [1.807, 2.05) is 20.8 Å². The first-order valence-electron chi connectivity index (χ1n) is 8.35. The van der Waals surface area contributed by atoms with Crippen LogP contribution >= 0.6 is 11.8 Å². The van der Waals surface area contributed by atoms with Crippen LogP contribution in [0.15, 0.2) is 41.4 Å². The first kappa shape index (κ1) is 19.4. The van der Waals surface area contributed by atoms with Gasteiger partial charge in [-0.2, -0.15) is 0 Å². The maximum atomic E-state index is 14.7. The molecule has 3 aromatic rings. The highest BCUT2D eigenvalue weighted by Gasteiger charge is 2.24. The van der Waals surface area contributed by atoms with Crippen LogP contribution in [0, 0.1) is 24.4 Å². The Balaban J connectivity index is 2.12. The highest BCUT2D eigenvalue weighted by atomic mass is 32.2. The van der Waals surface area contributed by atoms with E-state index < -0.39 is 23.2 Å². The lowest BCUT2D eigenvalue weighted by Gasteiger charge is -2.21. The minimum absolute atomic E-state index is 0.147. The third kappa shape index (κ3) is 3.86. The summed E-state index contributed by atoms with van der Waals surface area (Å²) < 4.78 is 41.6. The van der Waals surface area contributed by atoms with E-state index in [2.05, 4.69) is 4.98 Å². The van der Waals surface area contributed by atoms with Crippen molar-refractivity contribution in [2.24, 2.45) is 0 Å². The molecule has 27 heavy (non-hydrogen) atoms. The lowest BCUT2D eigenvalue weighted by atomic mass is 10.0. The molecule has 0 aliphatic heterocycles. The van der Waals surface area contributed by atoms with Crippen LogP contribution in [0.3, 0.4) is 0 Å². The zero-order valence-electron chi connectivity index (χ0n) is 15.4. The van der Waals surface area contributed by atoms with Crippen LogP contribution in [-0.2, 0) is 0 Å². The van der Waals surface area contributed by atoms with Crippen LogP contribution in [-0.4, -0.2) is 15.5 Å². The fraction of sp³-hybridized carbons (Fsp3) is 0.238.